The highest BCUT2D eigenvalue weighted by atomic mass is 19.1. The van der Waals surface area contributed by atoms with E-state index in [9.17, 15) is 13.6 Å². The fraction of sp³-hybridized carbons (Fsp3) is 0.300. The number of benzene rings is 1. The number of carboxylic acids is 1. The van der Waals surface area contributed by atoms with E-state index in [0.29, 0.717) is 0 Å². The Morgan fingerprint density at radius 1 is 1.24 bits per heavy atom. The Morgan fingerprint density at radius 3 is 1.94 bits per heavy atom. The van der Waals surface area contributed by atoms with E-state index in [1.807, 2.05) is 0 Å². The first-order chi connectivity index (χ1) is 7.67. The van der Waals surface area contributed by atoms with Crippen molar-refractivity contribution >= 4 is 18.6 Å². The standard InChI is InChI=1S/C10H11BF2O4/c1-10(2,9(14)15)5-3-6(12)8(11(16)17)7(13)4-5/h3-4,16-17H,1-2H3,(H,14,15). The molecule has 0 atom stereocenters. The van der Waals surface area contributed by atoms with Crippen LogP contribution in [0.4, 0.5) is 8.78 Å². The van der Waals surface area contributed by atoms with Crippen molar-refractivity contribution in [1.82, 2.24) is 0 Å². The first-order valence-corrected chi connectivity index (χ1v) is 4.77. The Kier molecular flexibility index (Phi) is 3.54. The summed E-state index contributed by atoms with van der Waals surface area (Å²) in [4.78, 5) is 10.9. The van der Waals surface area contributed by atoms with E-state index >= 15 is 0 Å². The molecule has 17 heavy (non-hydrogen) atoms. The van der Waals surface area contributed by atoms with Crippen molar-refractivity contribution in [3.63, 3.8) is 0 Å². The van der Waals surface area contributed by atoms with Crippen LogP contribution in [0, 0.1) is 11.6 Å². The minimum atomic E-state index is -2.28. The summed E-state index contributed by atoms with van der Waals surface area (Å²) in [5.41, 5.74) is -2.46. The van der Waals surface area contributed by atoms with Gasteiger partial charge in [-0.25, -0.2) is 8.78 Å². The average molecular weight is 244 g/mol. The Bertz CT molecular complexity index is 437. The fourth-order valence-corrected chi connectivity index (χ4v) is 1.32. The molecule has 0 heterocycles. The van der Waals surface area contributed by atoms with Crippen LogP contribution in [0.3, 0.4) is 0 Å². The van der Waals surface area contributed by atoms with Crippen LogP contribution < -0.4 is 5.46 Å². The van der Waals surface area contributed by atoms with Gasteiger partial charge in [0.25, 0.3) is 0 Å². The summed E-state index contributed by atoms with van der Waals surface area (Å²) in [6, 6.07) is 1.57. The normalized spacial score (nSPS) is 11.4. The van der Waals surface area contributed by atoms with Gasteiger partial charge in [0.05, 0.1) is 10.9 Å². The lowest BCUT2D eigenvalue weighted by atomic mass is 9.76. The number of hydrogen-bond acceptors (Lipinski definition) is 3. The SMILES string of the molecule is CC(C)(C(=O)O)c1cc(F)c(B(O)O)c(F)c1. The summed E-state index contributed by atoms with van der Waals surface area (Å²) < 4.78 is 26.8. The summed E-state index contributed by atoms with van der Waals surface area (Å²) in [6.45, 7) is 2.58. The smallest absolute Gasteiger partial charge is 0.481 e. The summed E-state index contributed by atoms with van der Waals surface area (Å²) in [7, 11) is -2.28. The second-order valence-electron chi connectivity index (χ2n) is 4.16. The summed E-state index contributed by atoms with van der Waals surface area (Å²) in [5, 5.41) is 26.4. The van der Waals surface area contributed by atoms with Crippen LogP contribution in [0.2, 0.25) is 0 Å². The van der Waals surface area contributed by atoms with Gasteiger partial charge >= 0.3 is 13.1 Å². The average Bonchev–Trinajstić information content (AvgIpc) is 2.15. The minimum absolute atomic E-state index is 0.0931. The van der Waals surface area contributed by atoms with Gasteiger partial charge in [0.1, 0.15) is 11.6 Å². The van der Waals surface area contributed by atoms with E-state index in [0.717, 1.165) is 12.1 Å². The third-order valence-corrected chi connectivity index (χ3v) is 2.59. The maximum Gasteiger partial charge on any atom is 0.494 e. The van der Waals surface area contributed by atoms with E-state index in [1.54, 1.807) is 0 Å². The van der Waals surface area contributed by atoms with Crippen molar-refractivity contribution in [1.29, 1.82) is 0 Å². The zero-order valence-corrected chi connectivity index (χ0v) is 9.24. The first-order valence-electron chi connectivity index (χ1n) is 4.77. The molecule has 4 nitrogen and oxygen atoms in total. The molecular formula is C10H11BF2O4. The third-order valence-electron chi connectivity index (χ3n) is 2.59. The van der Waals surface area contributed by atoms with Crippen molar-refractivity contribution < 1.29 is 28.7 Å². The highest BCUT2D eigenvalue weighted by molar-refractivity contribution is 6.58. The molecule has 1 rings (SSSR count). The second-order valence-corrected chi connectivity index (χ2v) is 4.16. The predicted octanol–water partition coefficient (Wildman–Crippen LogP) is 0.00680. The van der Waals surface area contributed by atoms with Gasteiger partial charge in [-0.15, -0.1) is 0 Å². The predicted molar refractivity (Wildman–Crippen MR) is 56.8 cm³/mol. The van der Waals surface area contributed by atoms with Crippen LogP contribution in [0.15, 0.2) is 12.1 Å². The maximum atomic E-state index is 13.4. The molecule has 0 fully saturated rings. The Balaban J connectivity index is 3.38. The van der Waals surface area contributed by atoms with E-state index in [-0.39, 0.29) is 5.56 Å². The van der Waals surface area contributed by atoms with Crippen molar-refractivity contribution in [2.75, 3.05) is 0 Å². The zero-order chi connectivity index (χ0) is 13.4. The highest BCUT2D eigenvalue weighted by Crippen LogP contribution is 2.24. The minimum Gasteiger partial charge on any atom is -0.481 e. The Labute approximate surface area is 96.7 Å². The van der Waals surface area contributed by atoms with E-state index in [1.165, 1.54) is 13.8 Å². The lowest BCUT2D eigenvalue weighted by Crippen LogP contribution is -2.37. The van der Waals surface area contributed by atoms with Crippen LogP contribution in [0.5, 0.6) is 0 Å². The molecule has 92 valence electrons. The van der Waals surface area contributed by atoms with Gasteiger partial charge < -0.3 is 15.2 Å². The molecule has 0 amide bonds. The molecule has 0 aliphatic carbocycles. The molecule has 1 aromatic rings. The molecule has 0 unspecified atom stereocenters. The highest BCUT2D eigenvalue weighted by Gasteiger charge is 2.32. The molecule has 0 aliphatic heterocycles. The molecule has 3 N–H and O–H groups in total. The summed E-state index contributed by atoms with van der Waals surface area (Å²) >= 11 is 0. The molecule has 0 aromatic heterocycles. The summed E-state index contributed by atoms with van der Waals surface area (Å²) in [5.74, 6) is -3.62. The largest absolute Gasteiger partial charge is 0.494 e. The van der Waals surface area contributed by atoms with Gasteiger partial charge in [-0.1, -0.05) is 0 Å². The van der Waals surface area contributed by atoms with Gasteiger partial charge in [-0.3, -0.25) is 4.79 Å². The molecule has 0 saturated heterocycles. The van der Waals surface area contributed by atoms with E-state index < -0.39 is 35.6 Å². The lowest BCUT2D eigenvalue weighted by molar-refractivity contribution is -0.142. The van der Waals surface area contributed by atoms with Gasteiger partial charge in [0, 0.05) is 0 Å². The molecule has 0 saturated carbocycles. The topological polar surface area (TPSA) is 77.8 Å². The molecule has 7 heteroatoms. The van der Waals surface area contributed by atoms with Crippen molar-refractivity contribution in [3.05, 3.63) is 29.3 Å². The van der Waals surface area contributed by atoms with Gasteiger partial charge in [0.15, 0.2) is 0 Å². The Hall–Kier alpha value is -1.47. The van der Waals surface area contributed by atoms with Gasteiger partial charge in [-0.2, -0.15) is 0 Å². The van der Waals surface area contributed by atoms with Crippen LogP contribution in [0.1, 0.15) is 19.4 Å². The number of rotatable bonds is 3. The van der Waals surface area contributed by atoms with E-state index in [4.69, 9.17) is 15.2 Å². The number of aliphatic carboxylic acids is 1. The van der Waals surface area contributed by atoms with Gasteiger partial charge in [0.2, 0.25) is 0 Å². The first kappa shape index (κ1) is 13.6. The van der Waals surface area contributed by atoms with Crippen LogP contribution >= 0.6 is 0 Å². The van der Waals surface area contributed by atoms with E-state index in [2.05, 4.69) is 0 Å². The zero-order valence-electron chi connectivity index (χ0n) is 9.24. The third kappa shape index (κ3) is 2.45. The maximum absolute atomic E-state index is 13.4. The number of hydrogen-bond donors (Lipinski definition) is 3. The fourth-order valence-electron chi connectivity index (χ4n) is 1.32. The van der Waals surface area contributed by atoms with Crippen molar-refractivity contribution in [3.8, 4) is 0 Å². The van der Waals surface area contributed by atoms with Crippen LogP contribution in [-0.4, -0.2) is 28.2 Å². The summed E-state index contributed by atoms with van der Waals surface area (Å²) in [6.07, 6.45) is 0. The number of carboxylic acid groups (broad SMARTS) is 1. The molecule has 0 aliphatic rings. The molecule has 0 bridgehead atoms. The van der Waals surface area contributed by atoms with Crippen molar-refractivity contribution in [2.45, 2.75) is 19.3 Å². The molecular weight excluding hydrogens is 233 g/mol. The molecule has 0 radical (unpaired) electrons. The quantitative estimate of drug-likeness (QED) is 0.654. The molecule has 1 aromatic carbocycles. The monoisotopic (exact) mass is 244 g/mol. The molecule has 0 spiro atoms. The number of carbonyl (C=O) groups is 1. The Morgan fingerprint density at radius 2 is 1.65 bits per heavy atom. The van der Waals surface area contributed by atoms with Crippen LogP contribution in [0.25, 0.3) is 0 Å². The lowest BCUT2D eigenvalue weighted by Gasteiger charge is -2.20. The van der Waals surface area contributed by atoms with Crippen LogP contribution in [-0.2, 0) is 10.2 Å². The number of halogens is 2. The second kappa shape index (κ2) is 4.42. The van der Waals surface area contributed by atoms with Gasteiger partial charge in [-0.05, 0) is 31.5 Å². The van der Waals surface area contributed by atoms with Crippen molar-refractivity contribution in [2.24, 2.45) is 0 Å².